The fourth-order valence-electron chi connectivity index (χ4n) is 5.20. The summed E-state index contributed by atoms with van der Waals surface area (Å²) in [6, 6.07) is 0. The van der Waals surface area contributed by atoms with Gasteiger partial charge in [-0.3, -0.25) is 14.1 Å². The largest absolute Gasteiger partial charge is 0.462 e. The topological polar surface area (TPSA) is 186 Å². The Labute approximate surface area is 270 Å². The van der Waals surface area contributed by atoms with E-state index in [0.717, 1.165) is 51.4 Å². The van der Waals surface area contributed by atoms with Crippen molar-refractivity contribution in [3.05, 3.63) is 0 Å². The number of esters is 2. The molecule has 6 atom stereocenters. The SMILES string of the molecule is CCCCCCCCCCCCC(=O)OC[C@H](CO[C@@H]1O[C@H](CS(=O)(=O)O)[C@@H](O)[C@H](O)[C@H]1O)OC(=O)CCCCCCCCC. The lowest BCUT2D eigenvalue weighted by molar-refractivity contribution is -0.297. The fourth-order valence-corrected chi connectivity index (χ4v) is 5.89. The highest BCUT2D eigenvalue weighted by atomic mass is 32.2. The van der Waals surface area contributed by atoms with Crippen molar-refractivity contribution in [2.75, 3.05) is 19.0 Å². The Morgan fingerprint density at radius 3 is 1.62 bits per heavy atom. The molecular formula is C32H60O12S. The second-order valence-corrected chi connectivity index (χ2v) is 13.7. The summed E-state index contributed by atoms with van der Waals surface area (Å²) in [6.45, 7) is 3.64. The van der Waals surface area contributed by atoms with Crippen LogP contribution < -0.4 is 0 Å². The minimum atomic E-state index is -4.58. The van der Waals surface area contributed by atoms with Gasteiger partial charge in [0.15, 0.2) is 12.4 Å². The molecule has 0 saturated carbocycles. The predicted molar refractivity (Wildman–Crippen MR) is 169 cm³/mol. The maximum atomic E-state index is 12.6. The zero-order valence-corrected chi connectivity index (χ0v) is 28.3. The average Bonchev–Trinajstić information content (AvgIpc) is 2.99. The van der Waals surface area contributed by atoms with Crippen molar-refractivity contribution in [2.45, 2.75) is 173 Å². The van der Waals surface area contributed by atoms with Crippen molar-refractivity contribution in [1.82, 2.24) is 0 Å². The molecule has 0 spiro atoms. The first-order valence-corrected chi connectivity index (χ1v) is 18.7. The van der Waals surface area contributed by atoms with Crippen LogP contribution in [-0.2, 0) is 38.7 Å². The van der Waals surface area contributed by atoms with Crippen molar-refractivity contribution < 1.29 is 56.8 Å². The van der Waals surface area contributed by atoms with Gasteiger partial charge in [0.2, 0.25) is 0 Å². The van der Waals surface area contributed by atoms with Crippen molar-refractivity contribution in [3.8, 4) is 0 Å². The lowest BCUT2D eigenvalue weighted by atomic mass is 10.00. The van der Waals surface area contributed by atoms with Gasteiger partial charge in [0.1, 0.15) is 36.8 Å². The van der Waals surface area contributed by atoms with Crippen LogP contribution in [0.4, 0.5) is 0 Å². The first-order chi connectivity index (χ1) is 21.5. The van der Waals surface area contributed by atoms with Gasteiger partial charge in [0, 0.05) is 12.8 Å². The monoisotopic (exact) mass is 668 g/mol. The Bertz CT molecular complexity index is 883. The van der Waals surface area contributed by atoms with Gasteiger partial charge in [-0.05, 0) is 12.8 Å². The maximum Gasteiger partial charge on any atom is 0.306 e. The van der Waals surface area contributed by atoms with Gasteiger partial charge in [-0.2, -0.15) is 8.42 Å². The first kappa shape index (κ1) is 41.7. The van der Waals surface area contributed by atoms with Crippen LogP contribution in [0, 0.1) is 0 Å². The molecule has 0 amide bonds. The smallest absolute Gasteiger partial charge is 0.306 e. The second-order valence-electron chi connectivity index (χ2n) is 12.2. The number of rotatable bonds is 27. The number of carbonyl (C=O) groups excluding carboxylic acids is 2. The number of aliphatic hydroxyl groups excluding tert-OH is 3. The molecule has 0 aromatic carbocycles. The molecule has 1 rings (SSSR count). The molecule has 0 aromatic rings. The molecule has 1 heterocycles. The van der Waals surface area contributed by atoms with E-state index in [1.807, 2.05) is 0 Å². The van der Waals surface area contributed by atoms with Crippen LogP contribution in [0.5, 0.6) is 0 Å². The van der Waals surface area contributed by atoms with E-state index in [1.54, 1.807) is 0 Å². The molecular weight excluding hydrogens is 608 g/mol. The molecule has 0 unspecified atom stereocenters. The number of carbonyl (C=O) groups is 2. The van der Waals surface area contributed by atoms with Gasteiger partial charge in [-0.1, -0.05) is 110 Å². The van der Waals surface area contributed by atoms with E-state index in [2.05, 4.69) is 13.8 Å². The van der Waals surface area contributed by atoms with Crippen molar-refractivity contribution >= 4 is 22.1 Å². The lowest BCUT2D eigenvalue weighted by Gasteiger charge is -2.40. The number of unbranched alkanes of at least 4 members (excludes halogenated alkanes) is 15. The Kier molecular flexibility index (Phi) is 22.9. The summed E-state index contributed by atoms with van der Waals surface area (Å²) in [4.78, 5) is 24.9. The molecule has 1 fully saturated rings. The fraction of sp³-hybridized carbons (Fsp3) is 0.938. The van der Waals surface area contributed by atoms with E-state index in [9.17, 15) is 33.3 Å². The molecule has 1 saturated heterocycles. The van der Waals surface area contributed by atoms with E-state index in [1.165, 1.54) is 44.9 Å². The summed E-state index contributed by atoms with van der Waals surface area (Å²) < 4.78 is 53.5. The van der Waals surface area contributed by atoms with Gasteiger partial charge in [0.25, 0.3) is 10.1 Å². The highest BCUT2D eigenvalue weighted by Crippen LogP contribution is 2.24. The van der Waals surface area contributed by atoms with E-state index in [4.69, 9.17) is 23.5 Å². The maximum absolute atomic E-state index is 12.6. The summed E-state index contributed by atoms with van der Waals surface area (Å²) in [5.74, 6) is -1.98. The minimum Gasteiger partial charge on any atom is -0.462 e. The van der Waals surface area contributed by atoms with E-state index < -0.39 is 71.2 Å². The van der Waals surface area contributed by atoms with E-state index >= 15 is 0 Å². The Balaban J connectivity index is 2.58. The molecule has 0 aliphatic carbocycles. The third kappa shape index (κ3) is 20.5. The molecule has 1 aliphatic rings. The summed E-state index contributed by atoms with van der Waals surface area (Å²) in [6.07, 6.45) is 9.23. The zero-order chi connectivity index (χ0) is 33.5. The van der Waals surface area contributed by atoms with Gasteiger partial charge in [-0.25, -0.2) is 0 Å². The standard InChI is InChI=1S/C32H60O12S/c1-3-5-7-9-11-12-13-15-16-18-20-27(33)41-22-25(43-28(34)21-19-17-14-10-8-6-4-2)23-42-32-31(37)30(36)29(35)26(44-32)24-45(38,39)40/h25-26,29-32,35-37H,3-24H2,1-2H3,(H,38,39,40)/t25-,26-,29-,30+,31-,32-/m1/s1. The highest BCUT2D eigenvalue weighted by Gasteiger charge is 2.46. The van der Waals surface area contributed by atoms with E-state index in [0.29, 0.717) is 12.8 Å². The summed E-state index contributed by atoms with van der Waals surface area (Å²) in [7, 11) is -4.58. The molecule has 0 aromatic heterocycles. The molecule has 0 radical (unpaired) electrons. The van der Waals surface area contributed by atoms with Crippen LogP contribution in [0.3, 0.4) is 0 Å². The number of hydrogen-bond acceptors (Lipinski definition) is 11. The average molecular weight is 669 g/mol. The van der Waals surface area contributed by atoms with Crippen LogP contribution >= 0.6 is 0 Å². The first-order valence-electron chi connectivity index (χ1n) is 17.1. The lowest BCUT2D eigenvalue weighted by Crippen LogP contribution is -2.60. The Morgan fingerprint density at radius 2 is 1.13 bits per heavy atom. The molecule has 266 valence electrons. The second kappa shape index (κ2) is 24.8. The Morgan fingerprint density at radius 1 is 0.667 bits per heavy atom. The molecule has 13 heteroatoms. The van der Waals surface area contributed by atoms with Gasteiger partial charge in [-0.15, -0.1) is 0 Å². The van der Waals surface area contributed by atoms with Crippen LogP contribution in [0.1, 0.15) is 136 Å². The highest BCUT2D eigenvalue weighted by molar-refractivity contribution is 7.85. The summed E-state index contributed by atoms with van der Waals surface area (Å²) in [5, 5.41) is 30.5. The Hall–Kier alpha value is -1.35. The number of hydrogen-bond donors (Lipinski definition) is 4. The third-order valence-electron chi connectivity index (χ3n) is 7.94. The zero-order valence-electron chi connectivity index (χ0n) is 27.5. The van der Waals surface area contributed by atoms with Gasteiger partial charge in [0.05, 0.1) is 6.61 Å². The van der Waals surface area contributed by atoms with Crippen LogP contribution in [0.15, 0.2) is 0 Å². The van der Waals surface area contributed by atoms with E-state index in [-0.39, 0.29) is 19.4 Å². The number of aliphatic hydroxyl groups is 3. The molecule has 12 nitrogen and oxygen atoms in total. The third-order valence-corrected chi connectivity index (χ3v) is 8.69. The summed E-state index contributed by atoms with van der Waals surface area (Å²) in [5.41, 5.74) is 0. The molecule has 45 heavy (non-hydrogen) atoms. The number of ether oxygens (including phenoxy) is 4. The summed E-state index contributed by atoms with van der Waals surface area (Å²) >= 11 is 0. The van der Waals surface area contributed by atoms with Crippen molar-refractivity contribution in [3.63, 3.8) is 0 Å². The quantitative estimate of drug-likeness (QED) is 0.0542. The molecule has 4 N–H and O–H groups in total. The predicted octanol–water partition coefficient (Wildman–Crippen LogP) is 4.61. The minimum absolute atomic E-state index is 0.167. The van der Waals surface area contributed by atoms with Crippen LogP contribution in [0.25, 0.3) is 0 Å². The van der Waals surface area contributed by atoms with Crippen molar-refractivity contribution in [1.29, 1.82) is 0 Å². The molecule has 1 aliphatic heterocycles. The van der Waals surface area contributed by atoms with Crippen LogP contribution in [0.2, 0.25) is 0 Å². The van der Waals surface area contributed by atoms with Gasteiger partial charge >= 0.3 is 11.9 Å². The normalized spacial score (nSPS) is 22.7. The van der Waals surface area contributed by atoms with Crippen LogP contribution in [-0.4, -0.2) is 96.0 Å². The van der Waals surface area contributed by atoms with Gasteiger partial charge < -0.3 is 34.3 Å². The molecule has 0 bridgehead atoms. The van der Waals surface area contributed by atoms with Crippen molar-refractivity contribution in [2.24, 2.45) is 0 Å².